The van der Waals surface area contributed by atoms with E-state index in [1.54, 1.807) is 6.07 Å². The van der Waals surface area contributed by atoms with Crippen molar-refractivity contribution >= 4 is 16.0 Å². The van der Waals surface area contributed by atoms with Gasteiger partial charge in [-0.1, -0.05) is 0 Å². The molecule has 1 aliphatic carbocycles. The molecule has 21 heavy (non-hydrogen) atoms. The Labute approximate surface area is 122 Å². The van der Waals surface area contributed by atoms with Crippen LogP contribution in [-0.4, -0.2) is 30.5 Å². The van der Waals surface area contributed by atoms with E-state index in [9.17, 15) is 13.2 Å². The van der Waals surface area contributed by atoms with Crippen LogP contribution in [0.4, 0.5) is 0 Å². The molecule has 2 N–H and O–H groups in total. The largest absolute Gasteiger partial charge is 0.481 e. The number of aliphatic carboxylic acids is 1. The van der Waals surface area contributed by atoms with Gasteiger partial charge in [-0.2, -0.15) is 5.26 Å². The number of carboxylic acids is 1. The van der Waals surface area contributed by atoms with E-state index >= 15 is 0 Å². The summed E-state index contributed by atoms with van der Waals surface area (Å²) in [6.45, 7) is 0. The maximum absolute atomic E-state index is 12.3. The molecule has 1 aliphatic rings. The second-order valence-electron chi connectivity index (χ2n) is 4.97. The number of nitriles is 1. The van der Waals surface area contributed by atoms with Crippen molar-refractivity contribution in [1.82, 2.24) is 9.71 Å². The fourth-order valence-corrected chi connectivity index (χ4v) is 3.84. The SMILES string of the molecule is N#Cc1ncccc1S(=O)(=O)NC1CCC(C(=O)O)CC1. The summed E-state index contributed by atoms with van der Waals surface area (Å²) in [6.07, 6.45) is 3.19. The van der Waals surface area contributed by atoms with Crippen LogP contribution in [0.15, 0.2) is 23.2 Å². The number of aromatic nitrogens is 1. The van der Waals surface area contributed by atoms with Crippen LogP contribution in [0.3, 0.4) is 0 Å². The van der Waals surface area contributed by atoms with E-state index in [1.165, 1.54) is 18.3 Å². The highest BCUT2D eigenvalue weighted by molar-refractivity contribution is 7.89. The molecule has 0 spiro atoms. The number of nitrogens with one attached hydrogen (secondary N) is 1. The molecular formula is C13H15N3O4S. The van der Waals surface area contributed by atoms with Crippen molar-refractivity contribution in [2.45, 2.75) is 36.6 Å². The van der Waals surface area contributed by atoms with Gasteiger partial charge in [-0.15, -0.1) is 0 Å². The van der Waals surface area contributed by atoms with Gasteiger partial charge in [-0.3, -0.25) is 4.79 Å². The lowest BCUT2D eigenvalue weighted by atomic mass is 9.87. The molecule has 0 unspecified atom stereocenters. The zero-order valence-electron chi connectivity index (χ0n) is 11.2. The molecule has 1 aromatic rings. The Balaban J connectivity index is 2.09. The van der Waals surface area contributed by atoms with E-state index < -0.39 is 21.9 Å². The lowest BCUT2D eigenvalue weighted by Gasteiger charge is -2.26. The maximum Gasteiger partial charge on any atom is 0.306 e. The molecule has 112 valence electrons. The van der Waals surface area contributed by atoms with Gasteiger partial charge >= 0.3 is 5.97 Å². The van der Waals surface area contributed by atoms with E-state index in [0.29, 0.717) is 25.7 Å². The van der Waals surface area contributed by atoms with Gasteiger partial charge in [0.2, 0.25) is 10.0 Å². The van der Waals surface area contributed by atoms with Crippen LogP contribution < -0.4 is 4.72 Å². The third-order valence-corrected chi connectivity index (χ3v) is 5.12. The molecule has 1 fully saturated rings. The summed E-state index contributed by atoms with van der Waals surface area (Å²) in [5, 5.41) is 17.8. The van der Waals surface area contributed by atoms with Crippen molar-refractivity contribution in [3.63, 3.8) is 0 Å². The summed E-state index contributed by atoms with van der Waals surface area (Å²) in [7, 11) is -3.82. The second-order valence-corrected chi connectivity index (χ2v) is 6.65. The van der Waals surface area contributed by atoms with Crippen LogP contribution in [0.2, 0.25) is 0 Å². The Bertz CT molecular complexity index is 673. The molecule has 1 saturated carbocycles. The summed E-state index contributed by atoms with van der Waals surface area (Å²) < 4.78 is 27.1. The van der Waals surface area contributed by atoms with Gasteiger partial charge in [-0.25, -0.2) is 18.1 Å². The zero-order valence-corrected chi connectivity index (χ0v) is 12.0. The van der Waals surface area contributed by atoms with Gasteiger partial charge in [0.15, 0.2) is 5.69 Å². The number of sulfonamides is 1. The zero-order chi connectivity index (χ0) is 15.5. The molecule has 7 nitrogen and oxygen atoms in total. The first kappa shape index (κ1) is 15.4. The Kier molecular flexibility index (Phi) is 4.55. The van der Waals surface area contributed by atoms with Crippen LogP contribution in [0, 0.1) is 17.2 Å². The van der Waals surface area contributed by atoms with Gasteiger partial charge in [-0.05, 0) is 37.8 Å². The third-order valence-electron chi connectivity index (χ3n) is 3.56. The van der Waals surface area contributed by atoms with Crippen molar-refractivity contribution < 1.29 is 18.3 Å². The number of pyridine rings is 1. The molecule has 8 heteroatoms. The van der Waals surface area contributed by atoms with Crippen molar-refractivity contribution in [2.75, 3.05) is 0 Å². The van der Waals surface area contributed by atoms with Crippen LogP contribution in [0.5, 0.6) is 0 Å². The normalized spacial score (nSPS) is 22.4. The molecular weight excluding hydrogens is 294 g/mol. The highest BCUT2D eigenvalue weighted by atomic mass is 32.2. The van der Waals surface area contributed by atoms with Gasteiger partial charge < -0.3 is 5.11 Å². The van der Waals surface area contributed by atoms with E-state index in [0.717, 1.165) is 0 Å². The maximum atomic E-state index is 12.3. The molecule has 0 saturated heterocycles. The lowest BCUT2D eigenvalue weighted by molar-refractivity contribution is -0.142. The number of carboxylic acid groups (broad SMARTS) is 1. The van der Waals surface area contributed by atoms with Crippen molar-refractivity contribution in [3.05, 3.63) is 24.0 Å². The highest BCUT2D eigenvalue weighted by Crippen LogP contribution is 2.25. The van der Waals surface area contributed by atoms with Crippen LogP contribution in [0.25, 0.3) is 0 Å². The number of nitrogens with zero attached hydrogens (tertiary/aromatic N) is 2. The fourth-order valence-electron chi connectivity index (χ4n) is 2.43. The van der Waals surface area contributed by atoms with Gasteiger partial charge in [0.25, 0.3) is 0 Å². The minimum Gasteiger partial charge on any atom is -0.481 e. The predicted molar refractivity (Wildman–Crippen MR) is 72.7 cm³/mol. The quantitative estimate of drug-likeness (QED) is 0.851. The van der Waals surface area contributed by atoms with Gasteiger partial charge in [0, 0.05) is 12.2 Å². The molecule has 0 bridgehead atoms. The first-order valence-electron chi connectivity index (χ1n) is 6.54. The standard InChI is InChI=1S/C13H15N3O4S/c14-8-11-12(2-1-7-15-11)21(19,20)16-10-5-3-9(4-6-10)13(17)18/h1-2,7,9-10,16H,3-6H2,(H,17,18). The Morgan fingerprint density at radius 2 is 2.05 bits per heavy atom. The lowest BCUT2D eigenvalue weighted by Crippen LogP contribution is -2.39. The average Bonchev–Trinajstić information content (AvgIpc) is 2.47. The van der Waals surface area contributed by atoms with E-state index in [-0.39, 0.29) is 16.6 Å². The van der Waals surface area contributed by atoms with Crippen LogP contribution in [-0.2, 0) is 14.8 Å². The first-order chi connectivity index (χ1) is 9.94. The van der Waals surface area contributed by atoms with Crippen molar-refractivity contribution in [1.29, 1.82) is 5.26 Å². The number of hydrogen-bond acceptors (Lipinski definition) is 5. The summed E-state index contributed by atoms with van der Waals surface area (Å²) in [4.78, 5) is 14.5. The van der Waals surface area contributed by atoms with Crippen LogP contribution in [0.1, 0.15) is 31.4 Å². The summed E-state index contributed by atoms with van der Waals surface area (Å²) in [5.41, 5.74) is -0.149. The summed E-state index contributed by atoms with van der Waals surface area (Å²) >= 11 is 0. The topological polar surface area (TPSA) is 120 Å². The third kappa shape index (κ3) is 3.56. The van der Waals surface area contributed by atoms with E-state index in [1.807, 2.05) is 0 Å². The molecule has 0 aliphatic heterocycles. The van der Waals surface area contributed by atoms with Gasteiger partial charge in [0.1, 0.15) is 11.0 Å². The molecule has 0 amide bonds. The number of carbonyl (C=O) groups is 1. The number of hydrogen-bond donors (Lipinski definition) is 2. The minimum absolute atomic E-state index is 0.146. The molecule has 0 radical (unpaired) electrons. The molecule has 1 aromatic heterocycles. The second kappa shape index (κ2) is 6.20. The Hall–Kier alpha value is -1.98. The molecule has 0 atom stereocenters. The Morgan fingerprint density at radius 1 is 1.38 bits per heavy atom. The monoisotopic (exact) mass is 309 g/mol. The summed E-state index contributed by atoms with van der Waals surface area (Å²) in [6, 6.07) is 4.23. The Morgan fingerprint density at radius 3 is 2.62 bits per heavy atom. The molecule has 2 rings (SSSR count). The molecule has 1 heterocycles. The highest BCUT2D eigenvalue weighted by Gasteiger charge is 2.29. The van der Waals surface area contributed by atoms with Crippen LogP contribution >= 0.6 is 0 Å². The van der Waals surface area contributed by atoms with Crippen molar-refractivity contribution in [2.24, 2.45) is 5.92 Å². The average molecular weight is 309 g/mol. The minimum atomic E-state index is -3.82. The van der Waals surface area contributed by atoms with E-state index in [2.05, 4.69) is 9.71 Å². The number of rotatable bonds is 4. The summed E-state index contributed by atoms with van der Waals surface area (Å²) in [5.74, 6) is -1.24. The van der Waals surface area contributed by atoms with Gasteiger partial charge in [0.05, 0.1) is 5.92 Å². The predicted octanol–water partition coefficient (Wildman–Crippen LogP) is 0.875. The first-order valence-corrected chi connectivity index (χ1v) is 8.02. The smallest absolute Gasteiger partial charge is 0.306 e. The van der Waals surface area contributed by atoms with Crippen molar-refractivity contribution in [3.8, 4) is 6.07 Å². The fraction of sp³-hybridized carbons (Fsp3) is 0.462. The molecule has 0 aromatic carbocycles. The van der Waals surface area contributed by atoms with E-state index in [4.69, 9.17) is 10.4 Å².